The Morgan fingerprint density at radius 3 is 0.967 bits per heavy atom. The lowest BCUT2D eigenvalue weighted by Crippen LogP contribution is -2.63. The maximum absolute atomic E-state index is 11.6. The monoisotopic (exact) mass is 1800 g/mol. The van der Waals surface area contributed by atoms with Gasteiger partial charge in [-0.05, 0) is 6.42 Å². The molecule has 1 aliphatic carbocycles. The van der Waals surface area contributed by atoms with Gasteiger partial charge in [0.2, 0.25) is 17.4 Å². The molecule has 712 valence electrons. The summed E-state index contributed by atoms with van der Waals surface area (Å²) in [6, 6.07) is 0. The molecule has 60 nitrogen and oxygen atoms in total. The molecule has 60 heteroatoms. The molecule has 0 amide bonds. The molecule has 44 N–H and O–H groups in total. The van der Waals surface area contributed by atoms with Crippen LogP contribution in [-0.4, -0.2) is 589 Å². The highest BCUT2D eigenvalue weighted by Crippen LogP contribution is 2.41. The average molecular weight is 1800 g/mol. The van der Waals surface area contributed by atoms with E-state index < -0.39 is 370 Å². The number of aliphatic hydroxyl groups excluding tert-OH is 38. The first-order chi connectivity index (χ1) is 56.2. The van der Waals surface area contributed by atoms with Crippen LogP contribution in [0.4, 0.5) is 0 Å². The van der Waals surface area contributed by atoms with E-state index in [1.165, 1.54) is 0 Å². The van der Waals surface area contributed by atoms with Gasteiger partial charge in [-0.1, -0.05) is 0 Å². The molecule has 0 bridgehead atoms. The SMILES string of the molecule is O=C(O)[C@@]1(O)O[C@H](CO)[C@@H](O)[C@@H]1O.O=C(O)[C@@]1(O[C@H]2C[C@H](CO)[C@@H](O)[C@H](O)[C@H]2O)O[C@H](CO)[C@@H](O)[C@@H]1O.O=C(O)[C@H]1O[C@H](O)[C@H](O)[C@@H](O)[C@@H]1O.O=C(O)[C@H]1O[C@H](O[C@]2(CO)O[C@H](CO)[C@@H](O)[C@@H]2O)[C@H](O)[C@@H](O)[C@@H]1O.OC[C@H]1O[C@@](CO)(O[C@H]2O[C@H](CO)[C@@H](O)[C@H](O)[C@H]2O)[C@@H](O)[C@@H]1O.OC[C@H]1O[C@H](O)[C@H](O)[C@@H](O)[C@@H]1O.OC[C@H]1O[C@](O)(CO)[C@@H](O)[C@@H]1O. The van der Waals surface area contributed by atoms with E-state index in [0.717, 1.165) is 0 Å². The van der Waals surface area contributed by atoms with E-state index in [-0.39, 0.29) is 6.42 Å². The number of hydrogen-bond donors (Lipinski definition) is 44. The predicted molar refractivity (Wildman–Crippen MR) is 355 cm³/mol. The zero-order valence-electron chi connectivity index (χ0n) is 62.3. The van der Waals surface area contributed by atoms with Crippen LogP contribution in [0.2, 0.25) is 0 Å². The number of rotatable bonds is 21. The Bertz CT molecular complexity index is 3110. The number of carbonyl (C=O) groups is 4. The lowest BCUT2D eigenvalue weighted by molar-refractivity contribution is -0.383. The third-order valence-corrected chi connectivity index (χ3v) is 20.2. The number of aliphatic carboxylic acids is 4. The minimum atomic E-state index is -2.84. The van der Waals surface area contributed by atoms with Crippen LogP contribution in [0.1, 0.15) is 6.42 Å². The number of ether oxygens (including phenoxy) is 12. The Morgan fingerprint density at radius 2 is 0.620 bits per heavy atom. The van der Waals surface area contributed by atoms with Gasteiger partial charge in [0.25, 0.3) is 11.6 Å². The second kappa shape index (κ2) is 46.2. The van der Waals surface area contributed by atoms with Crippen LogP contribution < -0.4 is 0 Å². The normalized spacial score (nSPS) is 48.7. The van der Waals surface area contributed by atoms with Gasteiger partial charge >= 0.3 is 23.9 Å². The second-order valence-electron chi connectivity index (χ2n) is 28.2. The van der Waals surface area contributed by atoms with Crippen LogP contribution in [0, 0.1) is 5.92 Å². The van der Waals surface area contributed by atoms with Gasteiger partial charge < -0.3 is 282 Å². The molecule has 10 fully saturated rings. The number of hydrogen-bond acceptors (Lipinski definition) is 56. The molecule has 9 heterocycles. The highest BCUT2D eigenvalue weighted by Gasteiger charge is 2.65. The summed E-state index contributed by atoms with van der Waals surface area (Å²) in [4.78, 5) is 43.4. The molecule has 10 rings (SSSR count). The highest BCUT2D eigenvalue weighted by molar-refractivity contribution is 5.78. The van der Waals surface area contributed by atoms with Gasteiger partial charge in [0.15, 0.2) is 37.4 Å². The summed E-state index contributed by atoms with van der Waals surface area (Å²) in [6.07, 6.45) is -63.7. The molecular formula is C61H108O60. The molecule has 0 spiro atoms. The zero-order valence-corrected chi connectivity index (χ0v) is 62.3. The molecule has 0 aromatic heterocycles. The van der Waals surface area contributed by atoms with Gasteiger partial charge in [0, 0.05) is 12.5 Å². The summed E-state index contributed by atoms with van der Waals surface area (Å²) in [5.41, 5.74) is 0. The van der Waals surface area contributed by atoms with Crippen molar-refractivity contribution >= 4 is 23.9 Å². The summed E-state index contributed by atoms with van der Waals surface area (Å²) < 4.78 is 58.6. The van der Waals surface area contributed by atoms with Gasteiger partial charge in [-0.15, -0.1) is 0 Å². The Hall–Kier alpha value is -4.20. The quantitative estimate of drug-likeness (QED) is 0.0507. The molecule has 0 aromatic rings. The molecule has 1 saturated carbocycles. The molecule has 9 saturated heterocycles. The van der Waals surface area contributed by atoms with Crippen LogP contribution >= 0.6 is 0 Å². The van der Waals surface area contributed by atoms with E-state index in [0.29, 0.717) is 0 Å². The summed E-state index contributed by atoms with van der Waals surface area (Å²) >= 11 is 0. The van der Waals surface area contributed by atoms with Gasteiger partial charge in [-0.2, -0.15) is 0 Å². The Kier molecular flexibility index (Phi) is 41.6. The molecule has 0 unspecified atom stereocenters. The lowest BCUT2D eigenvalue weighted by atomic mass is 9.81. The van der Waals surface area contributed by atoms with E-state index in [1.807, 2.05) is 0 Å². The van der Waals surface area contributed by atoms with Gasteiger partial charge in [0.05, 0.1) is 65.1 Å². The zero-order chi connectivity index (χ0) is 92.9. The fraction of sp³-hybridized carbons (Fsp3) is 0.934. The summed E-state index contributed by atoms with van der Waals surface area (Å²) in [5, 5.41) is 408. The first-order valence-electron chi connectivity index (χ1n) is 35.7. The summed E-state index contributed by atoms with van der Waals surface area (Å²) in [7, 11) is 0. The molecule has 0 radical (unpaired) electrons. The van der Waals surface area contributed by atoms with Crippen LogP contribution in [0.3, 0.4) is 0 Å². The smallest absolute Gasteiger partial charge is 0.367 e. The molecule has 0 aromatic carbocycles. The molecule has 121 heavy (non-hydrogen) atoms. The van der Waals surface area contributed by atoms with Crippen molar-refractivity contribution in [2.24, 2.45) is 5.92 Å². The van der Waals surface area contributed by atoms with Gasteiger partial charge in [-0.3, -0.25) is 0 Å². The van der Waals surface area contributed by atoms with Gasteiger partial charge in [0.1, 0.15) is 202 Å². The van der Waals surface area contributed by atoms with Crippen LogP contribution in [0.15, 0.2) is 0 Å². The van der Waals surface area contributed by atoms with Crippen molar-refractivity contribution in [3.63, 3.8) is 0 Å². The Labute approximate surface area is 676 Å². The summed E-state index contributed by atoms with van der Waals surface area (Å²) in [5.74, 6) is -20.0. The number of aliphatic hydroxyl groups is 40. The average Bonchev–Trinajstić information content (AvgIpc) is 1.63. The second-order valence-corrected chi connectivity index (χ2v) is 28.2. The third kappa shape index (κ3) is 23.8. The van der Waals surface area contributed by atoms with Crippen molar-refractivity contribution in [2.45, 2.75) is 274 Å². The Balaban J connectivity index is 0.000000303. The van der Waals surface area contributed by atoms with E-state index in [1.54, 1.807) is 0 Å². The van der Waals surface area contributed by atoms with E-state index in [2.05, 4.69) is 18.9 Å². The van der Waals surface area contributed by atoms with E-state index in [9.17, 15) is 121 Å². The van der Waals surface area contributed by atoms with Crippen molar-refractivity contribution in [2.75, 3.05) is 72.7 Å². The van der Waals surface area contributed by atoms with E-state index in [4.69, 9.17) is 160 Å². The summed E-state index contributed by atoms with van der Waals surface area (Å²) in [6.45, 7) is -8.02. The van der Waals surface area contributed by atoms with Crippen LogP contribution in [0.25, 0.3) is 0 Å². The van der Waals surface area contributed by atoms with Crippen molar-refractivity contribution in [3.8, 4) is 0 Å². The minimum Gasteiger partial charge on any atom is -0.479 e. The highest BCUT2D eigenvalue weighted by atomic mass is 16.8. The third-order valence-electron chi connectivity index (χ3n) is 20.2. The molecule has 9 aliphatic heterocycles. The maximum Gasteiger partial charge on any atom is 0.367 e. The van der Waals surface area contributed by atoms with Crippen molar-refractivity contribution in [1.29, 1.82) is 0 Å². The first-order valence-corrected chi connectivity index (χ1v) is 35.7. The number of carboxylic acid groups (broad SMARTS) is 4. The van der Waals surface area contributed by atoms with Crippen molar-refractivity contribution in [3.05, 3.63) is 0 Å². The van der Waals surface area contributed by atoms with E-state index >= 15 is 0 Å². The minimum absolute atomic E-state index is 0.235. The first kappa shape index (κ1) is 109. The fourth-order valence-corrected chi connectivity index (χ4v) is 12.7. The maximum atomic E-state index is 11.6. The van der Waals surface area contributed by atoms with Crippen LogP contribution in [0.5, 0.6) is 0 Å². The molecular weight excluding hydrogens is 1690 g/mol. The molecule has 10 aliphatic rings. The Morgan fingerprint density at radius 1 is 0.281 bits per heavy atom. The molecule has 45 atom stereocenters. The van der Waals surface area contributed by atoms with Crippen LogP contribution in [-0.2, 0) is 76.0 Å². The van der Waals surface area contributed by atoms with Crippen molar-refractivity contribution in [1.82, 2.24) is 0 Å². The van der Waals surface area contributed by atoms with Gasteiger partial charge in [-0.25, -0.2) is 19.2 Å². The number of carboxylic acids is 4. The lowest BCUT2D eigenvalue weighted by Gasteiger charge is -2.43. The standard InChI is InChI=1S/C13H22O11.C12H20O12.C12H22O11.2C6H10O7.2C6H12O6/c14-2-4-1-5(8(17)10(19)7(4)16)23-13(12(21)22)11(20)9(18)6(3-15)24-13;13-1-3-4(15)9(19)12(2-14,23-3)24-11-7(18)5(16)6(17)8(22-11)10(20)21;13-1-4-6(16)8(18)9(19)11(21-4)23-12(3-15)10(20)7(17)5(2-14)22-12;7-1-2-3(8)4(9)6(12,13-2)5(10)11;7-1-2(8)4(5(10)11)13-6(12)3(1)9;7-1-3-4(9)5(10)6(11,2-8)12-3;7-1-2-3(8)4(9)5(10)6(11)12-2/h4-11,14-20H,1-3H2,(H,21,22);3-9,11,13-19H,1-2H2,(H,20,21);4-11,13-20H,1-3H2;2-4,7-9,12H,1H2,(H,10,11);1-4,6-9,12H,(H,10,11);3-5,7-11H,1-2H2;2-11H,1H2/t4-,5+,6-,7-,8+,9-,10+,11+,13+;3-,4-,5+,6+,7-,8+,9+,11-,12+;4-,5-,6-,7-,8+,9-,10+,11-,12+;2-,3-,4+,6+;1-,2-,3+,4-,6-;3-,4-,5+,6-;2-,3-,4+,5-,6+/m1111011/s1. The fourth-order valence-electron chi connectivity index (χ4n) is 12.7. The van der Waals surface area contributed by atoms with Crippen molar-refractivity contribution < 1.29 is 301 Å². The predicted octanol–water partition coefficient (Wildman–Crippen LogP) is -28.0. The topological polar surface area (TPSA) is 1070 Å². The largest absolute Gasteiger partial charge is 0.479 e.